The number of hydrogen-bond donors (Lipinski definition) is 0. The van der Waals surface area contributed by atoms with E-state index in [1.54, 1.807) is 0 Å². The average molecular weight is 254 g/mol. The zero-order chi connectivity index (χ0) is 12.3. The van der Waals surface area contributed by atoms with E-state index in [-0.39, 0.29) is 0 Å². The highest BCUT2D eigenvalue weighted by molar-refractivity contribution is 8.00. The molecule has 1 aromatic rings. The van der Waals surface area contributed by atoms with Crippen molar-refractivity contribution < 1.29 is 4.52 Å². The third-order valence-electron chi connectivity index (χ3n) is 3.27. The molecule has 4 heteroatoms. The Kier molecular flexibility index (Phi) is 4.48. The molecule has 1 aromatic heterocycles. The van der Waals surface area contributed by atoms with Crippen LogP contribution < -0.4 is 0 Å². The van der Waals surface area contributed by atoms with Gasteiger partial charge >= 0.3 is 0 Å². The second kappa shape index (κ2) is 5.89. The van der Waals surface area contributed by atoms with E-state index in [1.807, 2.05) is 11.8 Å². The van der Waals surface area contributed by atoms with Crippen LogP contribution in [0.5, 0.6) is 0 Å². The van der Waals surface area contributed by atoms with Gasteiger partial charge in [0.15, 0.2) is 5.82 Å². The van der Waals surface area contributed by atoms with Crippen LogP contribution in [0.25, 0.3) is 0 Å². The molecule has 0 aromatic carbocycles. The summed E-state index contributed by atoms with van der Waals surface area (Å²) in [6.07, 6.45) is 6.86. The fourth-order valence-electron chi connectivity index (χ4n) is 2.19. The number of hydrogen-bond acceptors (Lipinski definition) is 4. The van der Waals surface area contributed by atoms with Crippen LogP contribution in [0.3, 0.4) is 0 Å². The van der Waals surface area contributed by atoms with E-state index in [0.717, 1.165) is 17.0 Å². The smallest absolute Gasteiger partial charge is 0.239 e. The van der Waals surface area contributed by atoms with Gasteiger partial charge in [-0.25, -0.2) is 0 Å². The van der Waals surface area contributed by atoms with Gasteiger partial charge in [-0.3, -0.25) is 0 Å². The first-order valence-electron chi connectivity index (χ1n) is 6.65. The van der Waals surface area contributed by atoms with Gasteiger partial charge in [0.05, 0.1) is 5.25 Å². The van der Waals surface area contributed by atoms with Gasteiger partial charge in [0.1, 0.15) is 0 Å². The number of thioether (sulfide) groups is 1. The summed E-state index contributed by atoms with van der Waals surface area (Å²) in [6.45, 7) is 6.36. The van der Waals surface area contributed by atoms with Gasteiger partial charge in [-0.1, -0.05) is 38.3 Å². The van der Waals surface area contributed by atoms with Gasteiger partial charge in [0.25, 0.3) is 0 Å². The van der Waals surface area contributed by atoms with Crippen molar-refractivity contribution in [2.75, 3.05) is 0 Å². The van der Waals surface area contributed by atoms with Gasteiger partial charge in [0, 0.05) is 11.2 Å². The van der Waals surface area contributed by atoms with Crippen LogP contribution in [-0.4, -0.2) is 15.4 Å². The zero-order valence-electron chi connectivity index (χ0n) is 11.0. The van der Waals surface area contributed by atoms with E-state index in [9.17, 15) is 0 Å². The summed E-state index contributed by atoms with van der Waals surface area (Å²) in [5.74, 6) is 1.97. The zero-order valence-corrected chi connectivity index (χ0v) is 11.8. The Hall–Kier alpha value is -0.510. The lowest BCUT2D eigenvalue weighted by atomic mass is 10.0. The maximum Gasteiger partial charge on any atom is 0.239 e. The molecule has 1 fully saturated rings. The first-order chi connectivity index (χ1) is 8.16. The van der Waals surface area contributed by atoms with Gasteiger partial charge in [-0.15, -0.1) is 11.8 Å². The summed E-state index contributed by atoms with van der Waals surface area (Å²) in [4.78, 5) is 4.48. The maximum absolute atomic E-state index is 5.35. The minimum absolute atomic E-state index is 0.332. The molecule has 1 saturated carbocycles. The van der Waals surface area contributed by atoms with Crippen LogP contribution in [0, 0.1) is 0 Å². The third kappa shape index (κ3) is 3.47. The van der Waals surface area contributed by atoms with Crippen molar-refractivity contribution in [1.82, 2.24) is 10.1 Å². The van der Waals surface area contributed by atoms with Crippen LogP contribution in [0.4, 0.5) is 0 Å². The van der Waals surface area contributed by atoms with Crippen molar-refractivity contribution in [3.8, 4) is 0 Å². The Morgan fingerprint density at radius 1 is 1.18 bits per heavy atom. The monoisotopic (exact) mass is 254 g/mol. The average Bonchev–Trinajstić information content (AvgIpc) is 2.79. The molecule has 1 atom stereocenters. The largest absolute Gasteiger partial charge is 0.338 e. The highest BCUT2D eigenvalue weighted by atomic mass is 32.2. The normalized spacial score (nSPS) is 19.8. The molecule has 0 N–H and O–H groups in total. The minimum Gasteiger partial charge on any atom is -0.338 e. The number of nitrogens with zero attached hydrogens (tertiary/aromatic N) is 2. The van der Waals surface area contributed by atoms with Crippen molar-refractivity contribution in [1.29, 1.82) is 0 Å². The maximum atomic E-state index is 5.35. The second-order valence-corrected chi connectivity index (χ2v) is 6.83. The lowest BCUT2D eigenvalue weighted by Crippen LogP contribution is -2.09. The van der Waals surface area contributed by atoms with Crippen LogP contribution in [-0.2, 0) is 0 Å². The van der Waals surface area contributed by atoms with Crippen molar-refractivity contribution in [3.63, 3.8) is 0 Å². The first kappa shape index (κ1) is 12.9. The van der Waals surface area contributed by atoms with E-state index in [4.69, 9.17) is 4.52 Å². The molecule has 96 valence electrons. The molecule has 3 nitrogen and oxygen atoms in total. The fraction of sp³-hybridized carbons (Fsp3) is 0.846. The number of aromatic nitrogens is 2. The molecule has 1 aliphatic carbocycles. The topological polar surface area (TPSA) is 38.9 Å². The summed E-state index contributed by atoms with van der Waals surface area (Å²) in [5, 5.41) is 5.15. The molecular weight excluding hydrogens is 232 g/mol. The van der Waals surface area contributed by atoms with E-state index in [2.05, 4.69) is 30.9 Å². The van der Waals surface area contributed by atoms with E-state index in [1.165, 1.54) is 32.1 Å². The molecule has 2 rings (SSSR count). The van der Waals surface area contributed by atoms with Crippen molar-refractivity contribution in [2.24, 2.45) is 0 Å². The highest BCUT2D eigenvalue weighted by Gasteiger charge is 2.22. The molecule has 17 heavy (non-hydrogen) atoms. The molecule has 1 aliphatic rings. The van der Waals surface area contributed by atoms with Gasteiger partial charge < -0.3 is 4.52 Å². The molecule has 0 bridgehead atoms. The van der Waals surface area contributed by atoms with E-state index >= 15 is 0 Å². The minimum atomic E-state index is 0.332. The summed E-state index contributed by atoms with van der Waals surface area (Å²) in [6, 6.07) is 0. The Morgan fingerprint density at radius 3 is 2.47 bits per heavy atom. The molecule has 1 heterocycles. The standard InChI is InChI=1S/C13H22N2OS/c1-9(2)12-14-13(16-15-12)10(3)17-11-7-5-4-6-8-11/h9-11H,4-8H2,1-3H3. The molecule has 0 aliphatic heterocycles. The predicted molar refractivity (Wildman–Crippen MR) is 71.3 cm³/mol. The summed E-state index contributed by atoms with van der Waals surface area (Å²) >= 11 is 2.00. The lowest BCUT2D eigenvalue weighted by Gasteiger charge is -2.22. The summed E-state index contributed by atoms with van der Waals surface area (Å²) in [7, 11) is 0. The first-order valence-corrected chi connectivity index (χ1v) is 7.60. The van der Waals surface area contributed by atoms with E-state index < -0.39 is 0 Å². The summed E-state index contributed by atoms with van der Waals surface area (Å²) in [5.41, 5.74) is 0. The van der Waals surface area contributed by atoms with Crippen LogP contribution in [0.1, 0.15) is 75.8 Å². The quantitative estimate of drug-likeness (QED) is 0.802. The molecular formula is C13H22N2OS. The Bertz CT molecular complexity index is 345. The van der Waals surface area contributed by atoms with Gasteiger partial charge in [-0.2, -0.15) is 4.98 Å². The van der Waals surface area contributed by atoms with Gasteiger partial charge in [-0.05, 0) is 19.8 Å². The van der Waals surface area contributed by atoms with Crippen molar-refractivity contribution >= 4 is 11.8 Å². The van der Waals surface area contributed by atoms with Crippen molar-refractivity contribution in [2.45, 2.75) is 69.3 Å². The Balaban J connectivity index is 1.91. The molecule has 0 radical (unpaired) electrons. The fourth-order valence-corrected chi connectivity index (χ4v) is 3.59. The lowest BCUT2D eigenvalue weighted by molar-refractivity contribution is 0.372. The number of rotatable bonds is 4. The highest BCUT2D eigenvalue weighted by Crippen LogP contribution is 2.37. The Morgan fingerprint density at radius 2 is 1.88 bits per heavy atom. The third-order valence-corrected chi connectivity index (χ3v) is 4.74. The van der Waals surface area contributed by atoms with Crippen molar-refractivity contribution in [3.05, 3.63) is 11.7 Å². The molecule has 0 saturated heterocycles. The van der Waals surface area contributed by atoms with Gasteiger partial charge in [0.2, 0.25) is 5.89 Å². The molecule has 1 unspecified atom stereocenters. The predicted octanol–water partition coefficient (Wildman–Crippen LogP) is 4.32. The van der Waals surface area contributed by atoms with E-state index in [0.29, 0.717) is 11.2 Å². The molecule has 0 spiro atoms. The summed E-state index contributed by atoms with van der Waals surface area (Å²) < 4.78 is 5.35. The Labute approximate surface area is 108 Å². The van der Waals surface area contributed by atoms with Crippen LogP contribution in [0.15, 0.2) is 4.52 Å². The molecule has 0 amide bonds. The second-order valence-electron chi connectivity index (χ2n) is 5.18. The SMILES string of the molecule is CC(C)c1noc(C(C)SC2CCCCC2)n1. The van der Waals surface area contributed by atoms with Crippen LogP contribution in [0.2, 0.25) is 0 Å². The van der Waals surface area contributed by atoms with Crippen LogP contribution >= 0.6 is 11.8 Å².